The van der Waals surface area contributed by atoms with Crippen molar-refractivity contribution in [3.63, 3.8) is 0 Å². The molecule has 4 rings (SSSR count). The molecule has 0 amide bonds. The maximum atomic E-state index is 5.94. The predicted octanol–water partition coefficient (Wildman–Crippen LogP) is 4.13. The van der Waals surface area contributed by atoms with Gasteiger partial charge < -0.3 is 19.9 Å². The van der Waals surface area contributed by atoms with E-state index in [4.69, 9.17) is 4.74 Å². The second-order valence-electron chi connectivity index (χ2n) is 7.02. The zero-order valence-electron chi connectivity index (χ0n) is 15.6. The number of nitrogens with zero attached hydrogens (tertiary/aromatic N) is 1. The van der Waals surface area contributed by atoms with Gasteiger partial charge in [-0.25, -0.2) is 0 Å². The van der Waals surface area contributed by atoms with Gasteiger partial charge in [0.2, 0.25) is 0 Å². The molecule has 136 valence electrons. The van der Waals surface area contributed by atoms with E-state index in [9.17, 15) is 0 Å². The summed E-state index contributed by atoms with van der Waals surface area (Å²) >= 11 is 0. The minimum absolute atomic E-state index is 0.356. The Kier molecular flexibility index (Phi) is 4.85. The van der Waals surface area contributed by atoms with Crippen LogP contribution in [0.5, 0.6) is 5.75 Å². The van der Waals surface area contributed by atoms with E-state index in [0.717, 1.165) is 38.4 Å². The van der Waals surface area contributed by atoms with Crippen LogP contribution in [-0.2, 0) is 0 Å². The van der Waals surface area contributed by atoms with Crippen LogP contribution in [0.1, 0.15) is 30.4 Å². The number of H-pyrrole nitrogens is 1. The van der Waals surface area contributed by atoms with Crippen LogP contribution in [0.2, 0.25) is 0 Å². The Morgan fingerprint density at radius 2 is 2.00 bits per heavy atom. The summed E-state index contributed by atoms with van der Waals surface area (Å²) in [6, 6.07) is 15.6. The number of hydrogen-bond acceptors (Lipinski definition) is 3. The highest BCUT2D eigenvalue weighted by Gasteiger charge is 2.20. The van der Waals surface area contributed by atoms with Crippen molar-refractivity contribution in [3.8, 4) is 5.75 Å². The van der Waals surface area contributed by atoms with E-state index in [1.165, 1.54) is 27.7 Å². The van der Waals surface area contributed by atoms with Crippen molar-refractivity contribution < 1.29 is 4.74 Å². The van der Waals surface area contributed by atoms with E-state index >= 15 is 0 Å². The predicted molar refractivity (Wildman–Crippen MR) is 109 cm³/mol. The lowest BCUT2D eigenvalue weighted by molar-refractivity contribution is 0.311. The summed E-state index contributed by atoms with van der Waals surface area (Å²) < 4.78 is 5.94. The Balaban J connectivity index is 1.70. The van der Waals surface area contributed by atoms with Gasteiger partial charge in [-0.05, 0) is 66.4 Å². The van der Waals surface area contributed by atoms with Crippen LogP contribution in [0.3, 0.4) is 0 Å². The maximum absolute atomic E-state index is 5.94. The van der Waals surface area contributed by atoms with Crippen molar-refractivity contribution in [2.45, 2.75) is 19.3 Å². The van der Waals surface area contributed by atoms with Crippen molar-refractivity contribution in [1.82, 2.24) is 10.3 Å². The van der Waals surface area contributed by atoms with Gasteiger partial charge in [0.15, 0.2) is 0 Å². The number of likely N-dealkylation sites (N-methyl/N-ethyl adjacent to an activating group) is 1. The van der Waals surface area contributed by atoms with E-state index in [0.29, 0.717) is 5.92 Å². The summed E-state index contributed by atoms with van der Waals surface area (Å²) in [4.78, 5) is 5.55. The largest absolute Gasteiger partial charge is 0.490 e. The summed E-state index contributed by atoms with van der Waals surface area (Å²) in [7, 11) is 2.13. The molecule has 1 aliphatic rings. The van der Waals surface area contributed by atoms with Gasteiger partial charge in [0.05, 0.1) is 12.2 Å². The number of ether oxygens (including phenoxy) is 1. The Morgan fingerprint density at radius 1 is 1.15 bits per heavy atom. The molecule has 2 aromatic carbocycles. The molecular weight excluding hydrogens is 322 g/mol. The summed E-state index contributed by atoms with van der Waals surface area (Å²) in [6.45, 7) is 5.86. The van der Waals surface area contributed by atoms with E-state index in [1.807, 2.05) is 6.20 Å². The van der Waals surface area contributed by atoms with E-state index in [2.05, 4.69) is 71.6 Å². The molecule has 0 radical (unpaired) electrons. The van der Waals surface area contributed by atoms with Gasteiger partial charge in [0.25, 0.3) is 0 Å². The number of aromatic amines is 1. The summed E-state index contributed by atoms with van der Waals surface area (Å²) in [5.74, 6) is 1.36. The van der Waals surface area contributed by atoms with Gasteiger partial charge in [-0.1, -0.05) is 19.1 Å². The minimum Gasteiger partial charge on any atom is -0.490 e. The lowest BCUT2D eigenvalue weighted by Gasteiger charge is -2.29. The molecule has 2 N–H and O–H groups in total. The number of aromatic nitrogens is 1. The number of hydrogen-bond donors (Lipinski definition) is 2. The average molecular weight is 349 g/mol. The molecule has 0 fully saturated rings. The zero-order chi connectivity index (χ0) is 17.9. The van der Waals surface area contributed by atoms with Crippen LogP contribution in [-0.4, -0.2) is 38.3 Å². The molecule has 0 bridgehead atoms. The third kappa shape index (κ3) is 3.29. The number of anilines is 1. The molecule has 0 saturated carbocycles. The number of benzene rings is 2. The molecule has 4 heteroatoms. The molecule has 1 atom stereocenters. The zero-order valence-corrected chi connectivity index (χ0v) is 15.6. The van der Waals surface area contributed by atoms with Gasteiger partial charge >= 0.3 is 0 Å². The monoisotopic (exact) mass is 349 g/mol. The van der Waals surface area contributed by atoms with Crippen molar-refractivity contribution in [2.24, 2.45) is 0 Å². The Morgan fingerprint density at radius 3 is 2.88 bits per heavy atom. The first kappa shape index (κ1) is 17.0. The average Bonchev–Trinajstić information content (AvgIpc) is 3.13. The molecule has 0 saturated heterocycles. The molecule has 26 heavy (non-hydrogen) atoms. The Bertz CT molecular complexity index is 886. The molecule has 1 unspecified atom stereocenters. The third-order valence-electron chi connectivity index (χ3n) is 5.32. The normalized spacial score (nSPS) is 14.9. The Hall–Kier alpha value is -2.46. The van der Waals surface area contributed by atoms with Crippen LogP contribution in [0.25, 0.3) is 10.9 Å². The Labute approximate surface area is 155 Å². The maximum Gasteiger partial charge on any atom is 0.142 e. The van der Waals surface area contributed by atoms with Crippen molar-refractivity contribution in [2.75, 3.05) is 38.2 Å². The van der Waals surface area contributed by atoms with Crippen LogP contribution in [0, 0.1) is 0 Å². The van der Waals surface area contributed by atoms with Crippen molar-refractivity contribution in [1.29, 1.82) is 0 Å². The topological polar surface area (TPSA) is 40.3 Å². The third-order valence-corrected chi connectivity index (χ3v) is 5.32. The fourth-order valence-corrected chi connectivity index (χ4v) is 3.83. The summed E-state index contributed by atoms with van der Waals surface area (Å²) in [5, 5.41) is 4.74. The van der Waals surface area contributed by atoms with E-state index < -0.39 is 0 Å². The van der Waals surface area contributed by atoms with Gasteiger partial charge in [0, 0.05) is 24.7 Å². The highest BCUT2D eigenvalue weighted by atomic mass is 16.5. The van der Waals surface area contributed by atoms with Crippen LogP contribution in [0.15, 0.2) is 48.7 Å². The second-order valence-corrected chi connectivity index (χ2v) is 7.02. The molecule has 3 aromatic rings. The summed E-state index contributed by atoms with van der Waals surface area (Å²) in [5.41, 5.74) is 5.06. The smallest absolute Gasteiger partial charge is 0.142 e. The standard InChI is InChI=1S/C22H27N3O/c1-3-23-10-9-19(16-4-6-20-18(14-16)8-11-24-20)17-5-7-21-22(15-17)26-13-12-25(21)2/h4-8,11,14-15,19,23-24H,3,9-10,12-13H2,1-2H3. The van der Waals surface area contributed by atoms with Gasteiger partial charge in [0.1, 0.15) is 12.4 Å². The van der Waals surface area contributed by atoms with E-state index in [1.54, 1.807) is 0 Å². The van der Waals surface area contributed by atoms with Crippen LogP contribution >= 0.6 is 0 Å². The summed E-state index contributed by atoms with van der Waals surface area (Å²) in [6.07, 6.45) is 3.07. The molecule has 4 nitrogen and oxygen atoms in total. The van der Waals surface area contributed by atoms with Crippen LogP contribution < -0.4 is 15.0 Å². The number of rotatable bonds is 6. The fraction of sp³-hybridized carbons (Fsp3) is 0.364. The molecule has 1 aromatic heterocycles. The SMILES string of the molecule is CCNCCC(c1ccc2c(c1)OCCN2C)c1ccc2[nH]ccc2c1. The quantitative estimate of drug-likeness (QED) is 0.658. The van der Waals surface area contributed by atoms with Gasteiger partial charge in [-0.3, -0.25) is 0 Å². The number of fused-ring (bicyclic) bond motifs is 2. The molecule has 1 aliphatic heterocycles. The highest BCUT2D eigenvalue weighted by Crippen LogP contribution is 2.37. The van der Waals surface area contributed by atoms with Crippen molar-refractivity contribution >= 4 is 16.6 Å². The van der Waals surface area contributed by atoms with Gasteiger partial charge in [-0.15, -0.1) is 0 Å². The van der Waals surface area contributed by atoms with Crippen LogP contribution in [0.4, 0.5) is 5.69 Å². The molecule has 0 spiro atoms. The first-order chi connectivity index (χ1) is 12.8. The number of nitrogens with one attached hydrogen (secondary N) is 2. The minimum atomic E-state index is 0.356. The lowest BCUT2D eigenvalue weighted by atomic mass is 9.87. The van der Waals surface area contributed by atoms with Gasteiger partial charge in [-0.2, -0.15) is 0 Å². The molecular formula is C22H27N3O. The second kappa shape index (κ2) is 7.42. The van der Waals surface area contributed by atoms with E-state index in [-0.39, 0.29) is 0 Å². The lowest BCUT2D eigenvalue weighted by Crippen LogP contribution is -2.28. The first-order valence-electron chi connectivity index (χ1n) is 9.52. The molecule has 2 heterocycles. The van der Waals surface area contributed by atoms with Crippen molar-refractivity contribution in [3.05, 3.63) is 59.8 Å². The molecule has 0 aliphatic carbocycles. The fourth-order valence-electron chi connectivity index (χ4n) is 3.83. The first-order valence-corrected chi connectivity index (χ1v) is 9.52. The highest BCUT2D eigenvalue weighted by molar-refractivity contribution is 5.80.